The third-order valence-electron chi connectivity index (χ3n) is 1.91. The fourth-order valence-corrected chi connectivity index (χ4v) is 0.952. The highest BCUT2D eigenvalue weighted by atomic mass is 16.4. The van der Waals surface area contributed by atoms with Crippen molar-refractivity contribution < 1.29 is 14.7 Å². The topological polar surface area (TPSA) is 69.6 Å². The van der Waals surface area contributed by atoms with E-state index >= 15 is 0 Å². The molecule has 0 radical (unpaired) electrons. The zero-order chi connectivity index (χ0) is 11.0. The van der Waals surface area contributed by atoms with Gasteiger partial charge in [-0.05, 0) is 19.4 Å². The highest BCUT2D eigenvalue weighted by molar-refractivity contribution is 5.72. The summed E-state index contributed by atoms with van der Waals surface area (Å²) in [7, 11) is 1.76. The smallest absolute Gasteiger partial charge is 0.317 e. The van der Waals surface area contributed by atoms with Gasteiger partial charge in [-0.15, -0.1) is 0 Å². The maximum absolute atomic E-state index is 10.8. The van der Waals surface area contributed by atoms with Gasteiger partial charge in [0, 0.05) is 20.5 Å². The molecule has 0 aliphatic carbocycles. The summed E-state index contributed by atoms with van der Waals surface area (Å²) in [6.07, 6.45) is 1.77. The van der Waals surface area contributed by atoms with Gasteiger partial charge in [-0.25, -0.2) is 0 Å². The van der Waals surface area contributed by atoms with Crippen molar-refractivity contribution in [1.82, 2.24) is 10.2 Å². The van der Waals surface area contributed by atoms with Gasteiger partial charge >= 0.3 is 5.97 Å². The van der Waals surface area contributed by atoms with Crippen LogP contribution in [0.4, 0.5) is 0 Å². The summed E-state index contributed by atoms with van der Waals surface area (Å²) in [5.41, 5.74) is 0. The molecule has 0 saturated heterocycles. The number of carboxylic acid groups (broad SMARTS) is 1. The van der Waals surface area contributed by atoms with Gasteiger partial charge in [0.05, 0.1) is 6.54 Å². The average molecular weight is 202 g/mol. The van der Waals surface area contributed by atoms with Gasteiger partial charge in [-0.3, -0.25) is 9.59 Å². The minimum absolute atomic E-state index is 0.00253. The summed E-state index contributed by atoms with van der Waals surface area (Å²) in [6.45, 7) is 2.94. The Kier molecular flexibility index (Phi) is 6.74. The molecule has 0 saturated carbocycles. The van der Waals surface area contributed by atoms with Gasteiger partial charge in [0.1, 0.15) is 0 Å². The molecule has 5 nitrogen and oxygen atoms in total. The molecule has 0 aliphatic heterocycles. The molecule has 0 fully saturated rings. The van der Waals surface area contributed by atoms with Crippen LogP contribution in [0, 0.1) is 0 Å². The number of amides is 1. The summed E-state index contributed by atoms with van der Waals surface area (Å²) in [5.74, 6) is -0.783. The van der Waals surface area contributed by atoms with Crippen molar-refractivity contribution in [3.8, 4) is 0 Å². The number of carbonyl (C=O) groups is 2. The number of carboxylic acids is 1. The molecule has 1 amide bonds. The van der Waals surface area contributed by atoms with Crippen LogP contribution < -0.4 is 5.32 Å². The number of rotatable bonds is 7. The predicted molar refractivity (Wildman–Crippen MR) is 53.1 cm³/mol. The highest BCUT2D eigenvalue weighted by Gasteiger charge is 2.00. The van der Waals surface area contributed by atoms with E-state index in [1.165, 1.54) is 6.92 Å². The Morgan fingerprint density at radius 3 is 2.50 bits per heavy atom. The Labute approximate surface area is 84.1 Å². The van der Waals surface area contributed by atoms with Crippen LogP contribution in [0.3, 0.4) is 0 Å². The van der Waals surface area contributed by atoms with Gasteiger partial charge in [-0.1, -0.05) is 0 Å². The lowest BCUT2D eigenvalue weighted by atomic mass is 10.3. The van der Waals surface area contributed by atoms with Crippen LogP contribution in [0.15, 0.2) is 0 Å². The van der Waals surface area contributed by atoms with Crippen molar-refractivity contribution in [2.24, 2.45) is 0 Å². The number of hydrogen-bond acceptors (Lipinski definition) is 3. The largest absolute Gasteiger partial charge is 0.480 e. The zero-order valence-corrected chi connectivity index (χ0v) is 8.75. The molecule has 0 aromatic rings. The van der Waals surface area contributed by atoms with Crippen LogP contribution in [0.25, 0.3) is 0 Å². The van der Waals surface area contributed by atoms with Gasteiger partial charge < -0.3 is 15.3 Å². The number of nitrogens with one attached hydrogen (secondary N) is 1. The van der Waals surface area contributed by atoms with E-state index in [1.54, 1.807) is 11.9 Å². The molecule has 0 aromatic carbocycles. The maximum atomic E-state index is 10.8. The molecule has 0 unspecified atom stereocenters. The van der Waals surface area contributed by atoms with Crippen LogP contribution in [-0.4, -0.2) is 48.6 Å². The summed E-state index contributed by atoms with van der Waals surface area (Å²) in [5, 5.41) is 11.1. The molecule has 82 valence electrons. The lowest BCUT2D eigenvalue weighted by molar-refractivity contribution is -0.136. The van der Waals surface area contributed by atoms with E-state index in [1.807, 2.05) is 0 Å². The molecular weight excluding hydrogens is 184 g/mol. The van der Waals surface area contributed by atoms with Gasteiger partial charge in [0.15, 0.2) is 0 Å². The van der Waals surface area contributed by atoms with Crippen LogP contribution in [0.1, 0.15) is 19.8 Å². The molecule has 0 heterocycles. The summed E-state index contributed by atoms with van der Waals surface area (Å²) >= 11 is 0. The molecule has 0 atom stereocenters. The molecule has 2 N–H and O–H groups in total. The first-order valence-corrected chi connectivity index (χ1v) is 4.68. The Balaban J connectivity index is 3.21. The number of nitrogens with zero attached hydrogens (tertiary/aromatic N) is 1. The predicted octanol–water partition coefficient (Wildman–Crippen LogP) is -0.0809. The van der Waals surface area contributed by atoms with E-state index in [9.17, 15) is 9.59 Å². The standard InChI is InChI=1S/C9H18N2O3/c1-8(12)11(2)6-4-3-5-10-7-9(13)14/h10H,3-7H2,1-2H3,(H,13,14). The maximum Gasteiger partial charge on any atom is 0.317 e. The van der Waals surface area contributed by atoms with Crippen molar-refractivity contribution in [2.75, 3.05) is 26.7 Å². The lowest BCUT2D eigenvalue weighted by Gasteiger charge is -2.13. The normalized spacial score (nSPS) is 9.86. The molecule has 5 heteroatoms. The average Bonchev–Trinajstić information content (AvgIpc) is 2.09. The quantitative estimate of drug-likeness (QED) is 0.566. The van der Waals surface area contributed by atoms with Crippen LogP contribution in [0.2, 0.25) is 0 Å². The number of unbranched alkanes of at least 4 members (excludes halogenated alkanes) is 1. The van der Waals surface area contributed by atoms with E-state index < -0.39 is 5.97 Å². The minimum atomic E-state index is -0.842. The van der Waals surface area contributed by atoms with E-state index in [0.29, 0.717) is 6.54 Å². The lowest BCUT2D eigenvalue weighted by Crippen LogP contribution is -2.27. The molecular formula is C9H18N2O3. The van der Waals surface area contributed by atoms with Crippen molar-refractivity contribution in [1.29, 1.82) is 0 Å². The number of aliphatic carboxylic acids is 1. The zero-order valence-electron chi connectivity index (χ0n) is 8.75. The molecule has 0 bridgehead atoms. The Morgan fingerprint density at radius 1 is 1.36 bits per heavy atom. The van der Waals surface area contributed by atoms with Crippen LogP contribution in [0.5, 0.6) is 0 Å². The second-order valence-electron chi connectivity index (χ2n) is 3.22. The molecule has 0 aliphatic rings. The highest BCUT2D eigenvalue weighted by Crippen LogP contribution is 1.91. The second kappa shape index (κ2) is 7.32. The van der Waals surface area contributed by atoms with Crippen molar-refractivity contribution in [2.45, 2.75) is 19.8 Å². The van der Waals surface area contributed by atoms with Crippen molar-refractivity contribution in [3.05, 3.63) is 0 Å². The second-order valence-corrected chi connectivity index (χ2v) is 3.22. The summed E-state index contributed by atoms with van der Waals surface area (Å²) in [4.78, 5) is 22.5. The fraction of sp³-hybridized carbons (Fsp3) is 0.778. The Hall–Kier alpha value is -1.10. The molecule has 0 rings (SSSR count). The van der Waals surface area contributed by atoms with Crippen LogP contribution in [-0.2, 0) is 9.59 Å². The first-order chi connectivity index (χ1) is 6.54. The van der Waals surface area contributed by atoms with Gasteiger partial charge in [0.2, 0.25) is 5.91 Å². The monoisotopic (exact) mass is 202 g/mol. The summed E-state index contributed by atoms with van der Waals surface area (Å²) < 4.78 is 0. The third-order valence-corrected chi connectivity index (χ3v) is 1.91. The first-order valence-electron chi connectivity index (χ1n) is 4.68. The van der Waals surface area contributed by atoms with E-state index in [4.69, 9.17) is 5.11 Å². The number of carbonyl (C=O) groups excluding carboxylic acids is 1. The van der Waals surface area contributed by atoms with E-state index in [2.05, 4.69) is 5.32 Å². The molecule has 0 aromatic heterocycles. The van der Waals surface area contributed by atoms with Crippen molar-refractivity contribution >= 4 is 11.9 Å². The summed E-state index contributed by atoms with van der Waals surface area (Å²) in [6, 6.07) is 0. The van der Waals surface area contributed by atoms with Gasteiger partial charge in [0.25, 0.3) is 0 Å². The Bertz CT molecular complexity index is 194. The van der Waals surface area contributed by atoms with Gasteiger partial charge in [-0.2, -0.15) is 0 Å². The molecule has 14 heavy (non-hydrogen) atoms. The van der Waals surface area contributed by atoms with Crippen LogP contribution >= 0.6 is 0 Å². The van der Waals surface area contributed by atoms with E-state index in [-0.39, 0.29) is 12.5 Å². The number of hydrogen-bond donors (Lipinski definition) is 2. The Morgan fingerprint density at radius 2 is 2.00 bits per heavy atom. The minimum Gasteiger partial charge on any atom is -0.480 e. The SMILES string of the molecule is CC(=O)N(C)CCCCNCC(=O)O. The van der Waals surface area contributed by atoms with E-state index in [0.717, 1.165) is 19.4 Å². The fourth-order valence-electron chi connectivity index (χ4n) is 0.952. The molecule has 0 spiro atoms. The third kappa shape index (κ3) is 7.54. The first kappa shape index (κ1) is 12.9. The van der Waals surface area contributed by atoms with Crippen molar-refractivity contribution in [3.63, 3.8) is 0 Å².